The number of rotatable bonds is 7. The average molecular weight is 609 g/mol. The SMILES string of the molecule is COc1ccc(-c2cc(=O)c3c(O)cc(O[C@H]4O[C@@H](CO[C@@H]5O[C@@H](C)[C@H](O)[C@@H](O)[C@H]5O)[C@H](O)[C@@H](O)[C@@H]4O)cc3o2)cc1O. The summed E-state index contributed by atoms with van der Waals surface area (Å²) in [5.74, 6) is -0.605. The number of aliphatic hydroxyl groups is 6. The van der Waals surface area contributed by atoms with Crippen LogP contribution in [0.4, 0.5) is 0 Å². The number of methoxy groups -OCH3 is 1. The summed E-state index contributed by atoms with van der Waals surface area (Å²) in [6.07, 6.45) is -15.0. The van der Waals surface area contributed by atoms with E-state index in [0.717, 1.165) is 12.1 Å². The Balaban J connectivity index is 1.36. The van der Waals surface area contributed by atoms with E-state index < -0.39 is 79.2 Å². The van der Waals surface area contributed by atoms with E-state index in [4.69, 9.17) is 28.1 Å². The highest BCUT2D eigenvalue weighted by Crippen LogP contribution is 2.35. The van der Waals surface area contributed by atoms with E-state index >= 15 is 0 Å². The third kappa shape index (κ3) is 5.99. The monoisotopic (exact) mass is 608 g/mol. The van der Waals surface area contributed by atoms with Crippen LogP contribution in [-0.4, -0.2) is 116 Å². The topological polar surface area (TPSA) is 238 Å². The molecule has 0 bridgehead atoms. The number of hydrogen-bond acceptors (Lipinski definition) is 15. The molecule has 8 N–H and O–H groups in total. The maximum absolute atomic E-state index is 12.8. The summed E-state index contributed by atoms with van der Waals surface area (Å²) in [6, 6.07) is 7.78. The van der Waals surface area contributed by atoms with Gasteiger partial charge in [0.2, 0.25) is 6.29 Å². The molecule has 3 aromatic rings. The van der Waals surface area contributed by atoms with Gasteiger partial charge in [-0.25, -0.2) is 0 Å². The predicted octanol–water partition coefficient (Wildman–Crippen LogP) is -1.09. The molecule has 0 spiro atoms. The van der Waals surface area contributed by atoms with Crippen LogP contribution in [0, 0.1) is 0 Å². The van der Waals surface area contributed by atoms with Crippen LogP contribution in [-0.2, 0) is 14.2 Å². The summed E-state index contributed by atoms with van der Waals surface area (Å²) in [6.45, 7) is 0.953. The van der Waals surface area contributed by atoms with Gasteiger partial charge in [-0.2, -0.15) is 0 Å². The van der Waals surface area contributed by atoms with Gasteiger partial charge in [0.1, 0.15) is 71.0 Å². The summed E-state index contributed by atoms with van der Waals surface area (Å²) in [7, 11) is 1.38. The molecule has 10 atom stereocenters. The lowest BCUT2D eigenvalue weighted by molar-refractivity contribution is -0.318. The Bertz CT molecular complexity index is 1510. The minimum Gasteiger partial charge on any atom is -0.507 e. The summed E-state index contributed by atoms with van der Waals surface area (Å²) in [5, 5.41) is 82.0. The number of phenols is 2. The van der Waals surface area contributed by atoms with Crippen LogP contribution in [0.25, 0.3) is 22.3 Å². The van der Waals surface area contributed by atoms with E-state index in [1.165, 1.54) is 32.2 Å². The first-order valence-electron chi connectivity index (χ1n) is 13.3. The molecule has 3 heterocycles. The molecule has 0 unspecified atom stereocenters. The van der Waals surface area contributed by atoms with Gasteiger partial charge in [0.05, 0.1) is 19.8 Å². The lowest BCUT2D eigenvalue weighted by Crippen LogP contribution is -2.61. The van der Waals surface area contributed by atoms with Crippen LogP contribution in [0.15, 0.2) is 45.6 Å². The number of aliphatic hydroxyl groups excluding tert-OH is 6. The molecule has 2 aliphatic rings. The average Bonchev–Trinajstić information content (AvgIpc) is 2.97. The lowest BCUT2D eigenvalue weighted by Gasteiger charge is -2.42. The Morgan fingerprint density at radius 2 is 1.49 bits per heavy atom. The van der Waals surface area contributed by atoms with Crippen LogP contribution in [0.1, 0.15) is 6.92 Å². The molecule has 0 aliphatic carbocycles. The molecular formula is C28H32O15. The molecule has 0 radical (unpaired) electrons. The van der Waals surface area contributed by atoms with E-state index in [1.807, 2.05) is 0 Å². The second kappa shape index (κ2) is 12.2. The smallest absolute Gasteiger partial charge is 0.229 e. The minimum absolute atomic E-state index is 0.0517. The Morgan fingerprint density at radius 3 is 2.19 bits per heavy atom. The van der Waals surface area contributed by atoms with E-state index in [-0.39, 0.29) is 34.0 Å². The molecule has 234 valence electrons. The maximum Gasteiger partial charge on any atom is 0.229 e. The van der Waals surface area contributed by atoms with Gasteiger partial charge in [0.25, 0.3) is 0 Å². The van der Waals surface area contributed by atoms with Crippen molar-refractivity contribution in [1.82, 2.24) is 0 Å². The van der Waals surface area contributed by atoms with Crippen molar-refractivity contribution in [3.63, 3.8) is 0 Å². The van der Waals surface area contributed by atoms with Crippen LogP contribution in [0.3, 0.4) is 0 Å². The fraction of sp³-hybridized carbons (Fsp3) is 0.464. The van der Waals surface area contributed by atoms with Crippen molar-refractivity contribution in [1.29, 1.82) is 0 Å². The molecule has 15 nitrogen and oxygen atoms in total. The largest absolute Gasteiger partial charge is 0.507 e. The second-order valence-electron chi connectivity index (χ2n) is 10.3. The molecule has 2 aliphatic heterocycles. The van der Waals surface area contributed by atoms with Crippen molar-refractivity contribution in [2.45, 2.75) is 68.3 Å². The van der Waals surface area contributed by atoms with Crippen molar-refractivity contribution in [3.05, 3.63) is 46.6 Å². The number of phenolic OH excluding ortho intramolecular Hbond substituents is 2. The highest BCUT2D eigenvalue weighted by molar-refractivity contribution is 5.86. The third-order valence-corrected chi connectivity index (χ3v) is 7.40. The normalized spacial score (nSPS) is 32.9. The molecule has 0 saturated carbocycles. The zero-order valence-corrected chi connectivity index (χ0v) is 22.9. The van der Waals surface area contributed by atoms with Crippen molar-refractivity contribution >= 4 is 11.0 Å². The molecule has 1 aromatic heterocycles. The van der Waals surface area contributed by atoms with Gasteiger partial charge in [0, 0.05) is 23.8 Å². The molecule has 2 saturated heterocycles. The van der Waals surface area contributed by atoms with Gasteiger partial charge >= 0.3 is 0 Å². The lowest BCUT2D eigenvalue weighted by atomic mass is 9.98. The van der Waals surface area contributed by atoms with Crippen LogP contribution in [0.5, 0.6) is 23.0 Å². The second-order valence-corrected chi connectivity index (χ2v) is 10.3. The number of aromatic hydroxyl groups is 2. The molecule has 43 heavy (non-hydrogen) atoms. The van der Waals surface area contributed by atoms with E-state index in [0.29, 0.717) is 5.56 Å². The number of benzene rings is 2. The molecule has 2 aromatic carbocycles. The minimum atomic E-state index is -1.78. The van der Waals surface area contributed by atoms with Crippen LogP contribution < -0.4 is 14.9 Å². The van der Waals surface area contributed by atoms with Crippen molar-refractivity contribution in [3.8, 4) is 34.3 Å². The number of ether oxygens (including phenoxy) is 5. The number of fused-ring (bicyclic) bond motifs is 1. The summed E-state index contributed by atoms with van der Waals surface area (Å²) >= 11 is 0. The van der Waals surface area contributed by atoms with Crippen molar-refractivity contribution in [2.75, 3.05) is 13.7 Å². The Kier molecular flexibility index (Phi) is 8.80. The summed E-state index contributed by atoms with van der Waals surface area (Å²) in [5.41, 5.74) is -0.381. The first kappa shape index (κ1) is 30.9. The molecule has 2 fully saturated rings. The van der Waals surface area contributed by atoms with Gasteiger partial charge in [0.15, 0.2) is 23.2 Å². The predicted molar refractivity (Wildman–Crippen MR) is 143 cm³/mol. The van der Waals surface area contributed by atoms with Crippen LogP contribution >= 0.6 is 0 Å². The van der Waals surface area contributed by atoms with Gasteiger partial charge in [-0.3, -0.25) is 4.79 Å². The quantitative estimate of drug-likeness (QED) is 0.159. The van der Waals surface area contributed by atoms with Gasteiger partial charge in [-0.05, 0) is 25.1 Å². The first-order valence-corrected chi connectivity index (χ1v) is 13.3. The Hall–Kier alpha value is -3.51. The van der Waals surface area contributed by atoms with Gasteiger partial charge in [-0.15, -0.1) is 0 Å². The Labute approximate surface area is 243 Å². The summed E-state index contributed by atoms with van der Waals surface area (Å²) in [4.78, 5) is 12.8. The number of hydrogen-bond donors (Lipinski definition) is 8. The highest BCUT2D eigenvalue weighted by Gasteiger charge is 2.47. The molecule has 5 rings (SSSR count). The fourth-order valence-electron chi connectivity index (χ4n) is 4.92. The summed E-state index contributed by atoms with van der Waals surface area (Å²) < 4.78 is 32.9. The van der Waals surface area contributed by atoms with Crippen molar-refractivity contribution in [2.24, 2.45) is 0 Å². The van der Waals surface area contributed by atoms with Crippen LogP contribution in [0.2, 0.25) is 0 Å². The first-order chi connectivity index (χ1) is 20.4. The molecule has 0 amide bonds. The zero-order valence-electron chi connectivity index (χ0n) is 22.9. The third-order valence-electron chi connectivity index (χ3n) is 7.40. The molecule has 15 heteroatoms. The zero-order chi connectivity index (χ0) is 31.2. The van der Waals surface area contributed by atoms with E-state index in [2.05, 4.69) is 0 Å². The fourth-order valence-corrected chi connectivity index (χ4v) is 4.92. The van der Waals surface area contributed by atoms with E-state index in [9.17, 15) is 45.6 Å². The maximum atomic E-state index is 12.8. The Morgan fingerprint density at radius 1 is 0.791 bits per heavy atom. The standard InChI is InChI=1S/C28H32O15/c1-10-21(32)23(34)25(36)27(40-10)39-9-19-22(33)24(35)26(37)28(43-19)41-12-6-14(30)20-15(31)8-17(42-18(20)7-12)11-3-4-16(38-2)13(29)5-11/h3-8,10,19,21-30,32-37H,9H2,1-2H3/t10-,19-,21-,22-,23+,24+,25+,26-,27+,28-/m0/s1. The van der Waals surface area contributed by atoms with Gasteiger partial charge < -0.3 is 69.0 Å². The van der Waals surface area contributed by atoms with Crippen molar-refractivity contribution < 1.29 is 69.0 Å². The molecular weight excluding hydrogens is 576 g/mol. The van der Waals surface area contributed by atoms with E-state index in [1.54, 1.807) is 6.07 Å². The van der Waals surface area contributed by atoms with Gasteiger partial charge in [-0.1, -0.05) is 0 Å². The highest BCUT2D eigenvalue weighted by atomic mass is 16.7.